The smallest absolute Gasteiger partial charge is 0.260 e. The van der Waals surface area contributed by atoms with Gasteiger partial charge in [-0.3, -0.25) is 19.2 Å². The Morgan fingerprint density at radius 3 is 2.02 bits per heavy atom. The van der Waals surface area contributed by atoms with Gasteiger partial charge in [0.15, 0.2) is 6.61 Å². The van der Waals surface area contributed by atoms with Gasteiger partial charge < -0.3 is 24.5 Å². The molecule has 1 unspecified atom stereocenters. The minimum absolute atomic E-state index is 0.0481. The van der Waals surface area contributed by atoms with Crippen LogP contribution >= 0.6 is 0 Å². The molecule has 0 spiro atoms. The number of aromatic nitrogens is 2. The molecule has 1 N–H and O–H groups in total. The van der Waals surface area contributed by atoms with E-state index in [0.29, 0.717) is 37.6 Å². The Bertz CT molecular complexity index is 1840. The first-order valence-corrected chi connectivity index (χ1v) is 19.0. The van der Waals surface area contributed by atoms with Gasteiger partial charge >= 0.3 is 0 Å². The van der Waals surface area contributed by atoms with E-state index in [-0.39, 0.29) is 24.8 Å². The normalized spacial score (nSPS) is 14.3. The van der Waals surface area contributed by atoms with Crippen molar-refractivity contribution < 1.29 is 23.9 Å². The first-order chi connectivity index (χ1) is 26.5. The quantitative estimate of drug-likeness (QED) is 0.152. The Labute approximate surface area is 319 Å². The number of piperazine rings is 1. The van der Waals surface area contributed by atoms with Gasteiger partial charge in [-0.1, -0.05) is 78.9 Å². The summed E-state index contributed by atoms with van der Waals surface area (Å²) in [5.74, 6) is 0.668. The van der Waals surface area contributed by atoms with Gasteiger partial charge in [-0.15, -0.1) is 0 Å². The van der Waals surface area contributed by atoms with E-state index in [0.717, 1.165) is 42.6 Å². The SMILES string of the molecule is CNC(=O)C(CCC=O)c1nn(C)c2cc(OCC(=O)N3CCN(CCOc4ccccc4)CC3)ccc12.c1ccc2c(c1)CCCC2.c1ccccc1. The first-order valence-electron chi connectivity index (χ1n) is 19.0. The molecule has 10 nitrogen and oxygen atoms in total. The second-order valence-electron chi connectivity index (χ2n) is 13.4. The minimum atomic E-state index is -0.522. The van der Waals surface area contributed by atoms with Gasteiger partial charge in [0, 0.05) is 64.7 Å². The Morgan fingerprint density at radius 1 is 0.796 bits per heavy atom. The number of benzene rings is 4. The number of carbonyl (C=O) groups is 3. The summed E-state index contributed by atoms with van der Waals surface area (Å²) in [6.07, 6.45) is 6.84. The highest BCUT2D eigenvalue weighted by atomic mass is 16.5. The average molecular weight is 732 g/mol. The summed E-state index contributed by atoms with van der Waals surface area (Å²) in [6.45, 7) is 4.27. The van der Waals surface area contributed by atoms with Crippen molar-refractivity contribution >= 4 is 29.0 Å². The van der Waals surface area contributed by atoms with Gasteiger partial charge in [-0.05, 0) is 67.5 Å². The monoisotopic (exact) mass is 731 g/mol. The number of nitrogens with zero attached hydrogens (tertiary/aromatic N) is 4. The molecular formula is C44H53N5O5. The molecule has 284 valence electrons. The standard InChI is InChI=1S/C28H35N5O5.C10H12.C6H6/c1-29-28(36)24(9-6-17-34)27-23-11-10-22(19-25(23)31(2)30-27)38-20-26(35)33-14-12-32(13-15-33)16-18-37-21-7-4-3-5-8-21;1-2-6-10-8-4-3-7-9(10)5-1;1-2-4-6-5-3-1/h3-5,7-8,10-11,17,19,24H,6,9,12-16,18,20H2,1-2H3,(H,29,36);1-2,5-6H,3-4,7-8H2;1-6H. The maximum atomic E-state index is 12.8. The zero-order valence-electron chi connectivity index (χ0n) is 31.6. The summed E-state index contributed by atoms with van der Waals surface area (Å²) in [6, 6.07) is 36.0. The molecule has 1 aliphatic carbocycles. The predicted molar refractivity (Wildman–Crippen MR) is 213 cm³/mol. The van der Waals surface area contributed by atoms with Crippen LogP contribution in [-0.2, 0) is 34.3 Å². The highest BCUT2D eigenvalue weighted by Gasteiger charge is 2.26. The second kappa shape index (κ2) is 21.3. The fourth-order valence-corrected chi connectivity index (χ4v) is 6.74. The average Bonchev–Trinajstić information content (AvgIpc) is 3.56. The van der Waals surface area contributed by atoms with Crippen molar-refractivity contribution in [3.8, 4) is 11.5 Å². The van der Waals surface area contributed by atoms with Crippen LogP contribution in [-0.4, -0.2) is 90.7 Å². The van der Waals surface area contributed by atoms with Crippen molar-refractivity contribution in [1.82, 2.24) is 24.9 Å². The molecule has 2 aliphatic rings. The van der Waals surface area contributed by atoms with Crippen molar-refractivity contribution in [2.24, 2.45) is 7.05 Å². The van der Waals surface area contributed by atoms with E-state index in [1.807, 2.05) is 83.8 Å². The molecular weight excluding hydrogens is 679 g/mol. The zero-order valence-corrected chi connectivity index (χ0v) is 31.6. The van der Waals surface area contributed by atoms with Gasteiger partial charge in [0.1, 0.15) is 24.4 Å². The maximum Gasteiger partial charge on any atom is 0.260 e. The van der Waals surface area contributed by atoms with Crippen molar-refractivity contribution in [1.29, 1.82) is 0 Å². The van der Waals surface area contributed by atoms with Gasteiger partial charge in [-0.25, -0.2) is 0 Å². The van der Waals surface area contributed by atoms with Crippen LogP contribution in [0.4, 0.5) is 0 Å². The zero-order chi connectivity index (χ0) is 38.0. The summed E-state index contributed by atoms with van der Waals surface area (Å²) in [4.78, 5) is 40.2. The van der Waals surface area contributed by atoms with Crippen LogP contribution in [0.1, 0.15) is 48.4 Å². The number of para-hydroxylation sites is 1. The molecule has 1 fully saturated rings. The maximum absolute atomic E-state index is 12.8. The predicted octanol–water partition coefficient (Wildman–Crippen LogP) is 6.24. The fraction of sp³-hybridized carbons (Fsp3) is 0.364. The highest BCUT2D eigenvalue weighted by molar-refractivity contribution is 5.91. The number of likely N-dealkylation sites (N-methyl/N-ethyl adjacent to an activating group) is 1. The number of ether oxygens (including phenoxy) is 2. The van der Waals surface area contributed by atoms with Crippen molar-refractivity contribution in [3.63, 3.8) is 0 Å². The third-order valence-corrected chi connectivity index (χ3v) is 9.75. The van der Waals surface area contributed by atoms with E-state index in [4.69, 9.17) is 9.47 Å². The summed E-state index contributed by atoms with van der Waals surface area (Å²) in [5, 5.41) is 8.04. The minimum Gasteiger partial charge on any atom is -0.492 e. The lowest BCUT2D eigenvalue weighted by Gasteiger charge is -2.34. The molecule has 10 heteroatoms. The number of aldehydes is 1. The molecule has 2 heterocycles. The third kappa shape index (κ3) is 11.8. The summed E-state index contributed by atoms with van der Waals surface area (Å²) < 4.78 is 13.3. The van der Waals surface area contributed by atoms with E-state index in [9.17, 15) is 14.4 Å². The number of hydrogen-bond donors (Lipinski definition) is 1. The summed E-state index contributed by atoms with van der Waals surface area (Å²) >= 11 is 0. The van der Waals surface area contributed by atoms with E-state index in [1.54, 1.807) is 36.0 Å². The molecule has 1 atom stereocenters. The number of aryl methyl sites for hydroxylation is 3. The Kier molecular flexibility index (Phi) is 15.7. The molecule has 7 rings (SSSR count). The van der Waals surface area contributed by atoms with Gasteiger partial charge in [-0.2, -0.15) is 5.10 Å². The summed E-state index contributed by atoms with van der Waals surface area (Å²) in [7, 11) is 3.37. The second-order valence-corrected chi connectivity index (χ2v) is 13.4. The topological polar surface area (TPSA) is 106 Å². The van der Waals surface area contributed by atoms with Crippen LogP contribution in [0.2, 0.25) is 0 Å². The molecule has 4 aromatic carbocycles. The molecule has 5 aromatic rings. The number of amides is 2. The lowest BCUT2D eigenvalue weighted by Crippen LogP contribution is -2.50. The molecule has 54 heavy (non-hydrogen) atoms. The molecule has 0 saturated carbocycles. The van der Waals surface area contributed by atoms with E-state index in [1.165, 1.54) is 25.7 Å². The van der Waals surface area contributed by atoms with Crippen LogP contribution in [0.3, 0.4) is 0 Å². The number of fused-ring (bicyclic) bond motifs is 2. The van der Waals surface area contributed by atoms with E-state index >= 15 is 0 Å². The third-order valence-electron chi connectivity index (χ3n) is 9.75. The Balaban J connectivity index is 0.000000284. The first kappa shape index (κ1) is 39.7. The van der Waals surface area contributed by atoms with E-state index in [2.05, 4.69) is 39.6 Å². The van der Waals surface area contributed by atoms with Crippen LogP contribution in [0.5, 0.6) is 11.5 Å². The molecule has 1 saturated heterocycles. The lowest BCUT2D eigenvalue weighted by molar-refractivity contribution is -0.135. The number of rotatable bonds is 12. The highest BCUT2D eigenvalue weighted by Crippen LogP contribution is 2.30. The number of nitrogens with one attached hydrogen (secondary N) is 1. The van der Waals surface area contributed by atoms with Crippen molar-refractivity contribution in [3.05, 3.63) is 126 Å². The van der Waals surface area contributed by atoms with Crippen molar-refractivity contribution in [2.45, 2.75) is 44.4 Å². The van der Waals surface area contributed by atoms with Crippen molar-refractivity contribution in [2.75, 3.05) is 53.0 Å². The lowest BCUT2D eigenvalue weighted by atomic mass is 9.92. The summed E-state index contributed by atoms with van der Waals surface area (Å²) in [5.41, 5.74) is 4.57. The van der Waals surface area contributed by atoms with Gasteiger partial charge in [0.05, 0.1) is 17.1 Å². The Hall–Kier alpha value is -5.48. The largest absolute Gasteiger partial charge is 0.492 e. The Morgan fingerprint density at radius 2 is 1.41 bits per heavy atom. The van der Waals surface area contributed by atoms with Crippen LogP contribution in [0, 0.1) is 0 Å². The van der Waals surface area contributed by atoms with E-state index < -0.39 is 5.92 Å². The molecule has 0 radical (unpaired) electrons. The van der Waals surface area contributed by atoms with Crippen LogP contribution in [0.25, 0.3) is 10.9 Å². The van der Waals surface area contributed by atoms with Gasteiger partial charge in [0.2, 0.25) is 5.91 Å². The molecule has 0 bridgehead atoms. The fourth-order valence-electron chi connectivity index (χ4n) is 6.74. The van der Waals surface area contributed by atoms with Crippen LogP contribution in [0.15, 0.2) is 109 Å². The molecule has 1 aromatic heterocycles. The van der Waals surface area contributed by atoms with Gasteiger partial charge in [0.25, 0.3) is 5.91 Å². The number of hydrogen-bond acceptors (Lipinski definition) is 7. The number of carbonyl (C=O) groups excluding carboxylic acids is 3. The molecule has 2 amide bonds. The molecule has 1 aliphatic heterocycles. The van der Waals surface area contributed by atoms with Crippen LogP contribution < -0.4 is 14.8 Å².